The van der Waals surface area contributed by atoms with Gasteiger partial charge in [-0.1, -0.05) is 43.2 Å². The van der Waals surface area contributed by atoms with E-state index < -0.39 is 18.1 Å². The van der Waals surface area contributed by atoms with Crippen LogP contribution in [0.25, 0.3) is 0 Å². The van der Waals surface area contributed by atoms with E-state index in [9.17, 15) is 14.4 Å². The molecule has 7 heteroatoms. The Hall–Kier alpha value is -2.41. The molecule has 2 rings (SSSR count). The first-order valence-electron chi connectivity index (χ1n) is 11.0. The number of ether oxygens (including phenoxy) is 2. The molecular formula is C23H34N2O5. The predicted molar refractivity (Wildman–Crippen MR) is 114 cm³/mol. The molecule has 1 saturated heterocycles. The van der Waals surface area contributed by atoms with E-state index in [0.717, 1.165) is 24.8 Å². The van der Waals surface area contributed by atoms with Crippen molar-refractivity contribution in [2.75, 3.05) is 26.3 Å². The minimum absolute atomic E-state index is 0.0566. The van der Waals surface area contributed by atoms with Crippen LogP contribution in [-0.2, 0) is 30.3 Å². The normalized spacial score (nSPS) is 18.3. The van der Waals surface area contributed by atoms with Crippen molar-refractivity contribution in [3.8, 4) is 0 Å². The van der Waals surface area contributed by atoms with E-state index in [1.165, 1.54) is 0 Å². The van der Waals surface area contributed by atoms with E-state index in [1.54, 1.807) is 18.7 Å². The van der Waals surface area contributed by atoms with Gasteiger partial charge in [-0.05, 0) is 45.1 Å². The quantitative estimate of drug-likeness (QED) is 0.588. The minimum atomic E-state index is -0.581. The zero-order valence-corrected chi connectivity index (χ0v) is 18.1. The number of carbonyl (C=O) groups is 3. The Morgan fingerprint density at radius 3 is 2.53 bits per heavy atom. The fourth-order valence-corrected chi connectivity index (χ4v) is 3.67. The first kappa shape index (κ1) is 23.9. The number of likely N-dealkylation sites (tertiary alicyclic amines) is 1. The molecule has 1 fully saturated rings. The second kappa shape index (κ2) is 13.0. The third-order valence-corrected chi connectivity index (χ3v) is 5.19. The summed E-state index contributed by atoms with van der Waals surface area (Å²) in [5, 5.41) is 3.25. The van der Waals surface area contributed by atoms with Gasteiger partial charge in [0.05, 0.1) is 19.3 Å². The third kappa shape index (κ3) is 7.78. The molecule has 1 N–H and O–H groups in total. The molecule has 1 aliphatic heterocycles. The minimum Gasteiger partial charge on any atom is -0.465 e. The summed E-state index contributed by atoms with van der Waals surface area (Å²) >= 11 is 0. The van der Waals surface area contributed by atoms with Crippen LogP contribution in [0.2, 0.25) is 0 Å². The summed E-state index contributed by atoms with van der Waals surface area (Å²) in [6.07, 6.45) is 4.58. The van der Waals surface area contributed by atoms with Crippen LogP contribution in [0.1, 0.15) is 51.5 Å². The van der Waals surface area contributed by atoms with E-state index in [0.29, 0.717) is 25.8 Å². The number of nitrogens with one attached hydrogen (secondary N) is 1. The van der Waals surface area contributed by atoms with Crippen LogP contribution >= 0.6 is 0 Å². The van der Waals surface area contributed by atoms with Crippen LogP contribution in [0.4, 0.5) is 0 Å². The predicted octanol–water partition coefficient (Wildman–Crippen LogP) is 2.47. The fourth-order valence-electron chi connectivity index (χ4n) is 3.67. The molecule has 1 amide bonds. The van der Waals surface area contributed by atoms with Gasteiger partial charge in [0.25, 0.3) is 0 Å². The number of carbonyl (C=O) groups excluding carboxylic acids is 3. The summed E-state index contributed by atoms with van der Waals surface area (Å²) in [5.41, 5.74) is 1.13. The van der Waals surface area contributed by atoms with Crippen LogP contribution in [0.5, 0.6) is 0 Å². The summed E-state index contributed by atoms with van der Waals surface area (Å²) in [6.45, 7) is 4.55. The monoisotopic (exact) mass is 418 g/mol. The van der Waals surface area contributed by atoms with Gasteiger partial charge in [-0.15, -0.1) is 0 Å². The molecular weight excluding hydrogens is 384 g/mol. The Bertz CT molecular complexity index is 679. The highest BCUT2D eigenvalue weighted by molar-refractivity contribution is 5.86. The Morgan fingerprint density at radius 2 is 1.83 bits per heavy atom. The van der Waals surface area contributed by atoms with Crippen molar-refractivity contribution in [3.05, 3.63) is 35.9 Å². The number of amides is 1. The maximum Gasteiger partial charge on any atom is 0.325 e. The molecule has 0 unspecified atom stereocenters. The van der Waals surface area contributed by atoms with Crippen molar-refractivity contribution in [3.63, 3.8) is 0 Å². The Balaban J connectivity index is 2.08. The smallest absolute Gasteiger partial charge is 0.325 e. The second-order valence-electron chi connectivity index (χ2n) is 7.46. The Labute approximate surface area is 179 Å². The van der Waals surface area contributed by atoms with Crippen molar-refractivity contribution in [2.45, 2.75) is 64.5 Å². The van der Waals surface area contributed by atoms with Crippen LogP contribution in [-0.4, -0.2) is 61.1 Å². The number of nitrogens with zero attached hydrogens (tertiary/aromatic N) is 1. The van der Waals surface area contributed by atoms with Crippen molar-refractivity contribution in [2.24, 2.45) is 0 Å². The number of rotatable bonds is 10. The molecule has 2 atom stereocenters. The fraction of sp³-hybridized carbons (Fsp3) is 0.609. The maximum absolute atomic E-state index is 13.1. The molecule has 166 valence electrons. The van der Waals surface area contributed by atoms with Gasteiger partial charge in [0.15, 0.2) is 0 Å². The topological polar surface area (TPSA) is 84.9 Å². The Morgan fingerprint density at radius 1 is 1.10 bits per heavy atom. The standard InChI is InChI=1S/C23H34N2O5/c1-3-29-21(26)17-25-16-10-6-9-13-19(22(25)27)24-20(23(28)30-4-2)15-14-18-11-7-5-8-12-18/h5,7-8,11-12,19-20,24H,3-4,6,9-10,13-17H2,1-2H3/t19-,20-/m0/s1. The average molecular weight is 419 g/mol. The molecule has 1 heterocycles. The van der Waals surface area contributed by atoms with Crippen molar-refractivity contribution in [1.29, 1.82) is 0 Å². The number of esters is 2. The molecule has 1 aromatic rings. The lowest BCUT2D eigenvalue weighted by atomic mass is 10.00. The lowest BCUT2D eigenvalue weighted by molar-refractivity contribution is -0.151. The summed E-state index contributed by atoms with van der Waals surface area (Å²) in [5.74, 6) is -0.909. The van der Waals surface area contributed by atoms with Gasteiger partial charge in [-0.25, -0.2) is 0 Å². The van der Waals surface area contributed by atoms with Gasteiger partial charge in [0.1, 0.15) is 12.6 Å². The molecule has 0 saturated carbocycles. The highest BCUT2D eigenvalue weighted by atomic mass is 16.5. The zero-order valence-electron chi connectivity index (χ0n) is 18.1. The van der Waals surface area contributed by atoms with E-state index in [4.69, 9.17) is 9.47 Å². The van der Waals surface area contributed by atoms with Gasteiger partial charge in [0.2, 0.25) is 5.91 Å². The van der Waals surface area contributed by atoms with Crippen LogP contribution in [0, 0.1) is 0 Å². The lowest BCUT2D eigenvalue weighted by Crippen LogP contribution is -2.54. The van der Waals surface area contributed by atoms with Gasteiger partial charge in [-0.3, -0.25) is 19.7 Å². The van der Waals surface area contributed by atoms with Crippen molar-refractivity contribution >= 4 is 17.8 Å². The number of hydrogen-bond acceptors (Lipinski definition) is 6. The van der Waals surface area contributed by atoms with Crippen molar-refractivity contribution < 1.29 is 23.9 Å². The summed E-state index contributed by atoms with van der Waals surface area (Å²) in [4.78, 5) is 39.2. The Kier molecular flexibility index (Phi) is 10.3. The molecule has 1 aliphatic rings. The molecule has 0 radical (unpaired) electrons. The molecule has 0 aromatic heterocycles. The first-order valence-corrected chi connectivity index (χ1v) is 11.0. The molecule has 30 heavy (non-hydrogen) atoms. The molecule has 1 aromatic carbocycles. The average Bonchev–Trinajstić information content (AvgIpc) is 2.73. The highest BCUT2D eigenvalue weighted by Crippen LogP contribution is 2.15. The lowest BCUT2D eigenvalue weighted by Gasteiger charge is -2.31. The molecule has 0 spiro atoms. The van der Waals surface area contributed by atoms with E-state index in [2.05, 4.69) is 5.32 Å². The van der Waals surface area contributed by atoms with Crippen LogP contribution in [0.15, 0.2) is 30.3 Å². The molecule has 0 aliphatic carbocycles. The van der Waals surface area contributed by atoms with Gasteiger partial charge >= 0.3 is 11.9 Å². The largest absolute Gasteiger partial charge is 0.465 e. The van der Waals surface area contributed by atoms with Gasteiger partial charge < -0.3 is 14.4 Å². The summed E-state index contributed by atoms with van der Waals surface area (Å²) in [6, 6.07) is 8.82. The number of hydrogen-bond donors (Lipinski definition) is 1. The van der Waals surface area contributed by atoms with Gasteiger partial charge in [-0.2, -0.15) is 0 Å². The van der Waals surface area contributed by atoms with Crippen LogP contribution in [0.3, 0.4) is 0 Å². The second-order valence-corrected chi connectivity index (χ2v) is 7.46. The van der Waals surface area contributed by atoms with Crippen LogP contribution < -0.4 is 5.32 Å². The highest BCUT2D eigenvalue weighted by Gasteiger charge is 2.31. The number of aryl methyl sites for hydroxylation is 1. The van der Waals surface area contributed by atoms with Gasteiger partial charge in [0, 0.05) is 6.54 Å². The van der Waals surface area contributed by atoms with E-state index in [-0.39, 0.29) is 31.6 Å². The summed E-state index contributed by atoms with van der Waals surface area (Å²) < 4.78 is 10.3. The van der Waals surface area contributed by atoms with Crippen molar-refractivity contribution in [1.82, 2.24) is 10.2 Å². The maximum atomic E-state index is 13.1. The van der Waals surface area contributed by atoms with E-state index in [1.807, 2.05) is 30.3 Å². The molecule has 0 bridgehead atoms. The number of benzene rings is 1. The first-order chi connectivity index (χ1) is 14.5. The molecule has 7 nitrogen and oxygen atoms in total. The summed E-state index contributed by atoms with van der Waals surface area (Å²) in [7, 11) is 0. The SMILES string of the molecule is CCOC(=O)CN1CCCCC[C@H](N[C@@H](CCc2ccccc2)C(=O)OCC)C1=O. The van der Waals surface area contributed by atoms with E-state index >= 15 is 0 Å². The zero-order chi connectivity index (χ0) is 21.8. The third-order valence-electron chi connectivity index (χ3n) is 5.19.